The van der Waals surface area contributed by atoms with Gasteiger partial charge in [-0.05, 0) is 38.5 Å². The summed E-state index contributed by atoms with van der Waals surface area (Å²) in [7, 11) is 0. The van der Waals surface area contributed by atoms with E-state index in [-0.39, 0.29) is 0 Å². The van der Waals surface area contributed by atoms with E-state index in [2.05, 4.69) is 13.0 Å². The summed E-state index contributed by atoms with van der Waals surface area (Å²) < 4.78 is 5.74. The van der Waals surface area contributed by atoms with Crippen molar-refractivity contribution in [3.63, 3.8) is 0 Å². The fraction of sp³-hybridized carbons (Fsp3) is 0.917. The van der Waals surface area contributed by atoms with E-state index in [1.165, 1.54) is 12.8 Å². The third-order valence-corrected chi connectivity index (χ3v) is 3.19. The molecule has 1 saturated carbocycles. The quantitative estimate of drug-likeness (QED) is 0.774. The van der Waals surface area contributed by atoms with Crippen LogP contribution in [0.1, 0.15) is 46.0 Å². The van der Waals surface area contributed by atoms with Gasteiger partial charge in [-0.25, -0.2) is 0 Å². The summed E-state index contributed by atoms with van der Waals surface area (Å²) in [6.07, 6.45) is 5.88. The first kappa shape index (κ1) is 12.5. The largest absolute Gasteiger partial charge is 0.378 e. The van der Waals surface area contributed by atoms with Crippen molar-refractivity contribution < 1.29 is 4.74 Å². The molecule has 1 aliphatic carbocycles. The molecule has 0 spiro atoms. The Morgan fingerprint density at radius 1 is 1.40 bits per heavy atom. The maximum absolute atomic E-state index is 8.74. The Hall–Kier alpha value is -0.590. The third-order valence-electron chi connectivity index (χ3n) is 3.19. The van der Waals surface area contributed by atoms with Crippen molar-refractivity contribution >= 4 is 0 Å². The lowest BCUT2D eigenvalue weighted by Crippen LogP contribution is -2.36. The number of hydrogen-bond acceptors (Lipinski definition) is 3. The summed E-state index contributed by atoms with van der Waals surface area (Å²) in [4.78, 5) is 0. The summed E-state index contributed by atoms with van der Waals surface area (Å²) in [6.45, 7) is 4.65. The molecule has 15 heavy (non-hydrogen) atoms. The van der Waals surface area contributed by atoms with Gasteiger partial charge in [-0.15, -0.1) is 0 Å². The van der Waals surface area contributed by atoms with E-state index >= 15 is 0 Å². The van der Waals surface area contributed by atoms with E-state index in [1.807, 2.05) is 0 Å². The average Bonchev–Trinajstić information content (AvgIpc) is 2.21. The van der Waals surface area contributed by atoms with Crippen LogP contribution in [0.2, 0.25) is 0 Å². The van der Waals surface area contributed by atoms with E-state index < -0.39 is 5.54 Å². The summed E-state index contributed by atoms with van der Waals surface area (Å²) >= 11 is 0. The zero-order valence-electron chi connectivity index (χ0n) is 9.83. The fourth-order valence-corrected chi connectivity index (χ4v) is 1.89. The zero-order valence-corrected chi connectivity index (χ0v) is 9.83. The van der Waals surface area contributed by atoms with Crippen molar-refractivity contribution in [1.29, 1.82) is 5.26 Å². The average molecular weight is 210 g/mol. The molecule has 1 rings (SSSR count). The fourth-order valence-electron chi connectivity index (χ4n) is 1.89. The summed E-state index contributed by atoms with van der Waals surface area (Å²) in [5, 5.41) is 8.74. The van der Waals surface area contributed by atoms with Gasteiger partial charge in [0.25, 0.3) is 0 Å². The van der Waals surface area contributed by atoms with Gasteiger partial charge in [-0.1, -0.05) is 6.92 Å². The topological polar surface area (TPSA) is 59.0 Å². The lowest BCUT2D eigenvalue weighted by molar-refractivity contribution is 0.0146. The highest BCUT2D eigenvalue weighted by atomic mass is 16.5. The molecule has 3 heteroatoms. The molecule has 1 unspecified atom stereocenters. The van der Waals surface area contributed by atoms with Crippen LogP contribution in [0, 0.1) is 17.2 Å². The molecule has 2 N–H and O–H groups in total. The minimum atomic E-state index is -0.734. The summed E-state index contributed by atoms with van der Waals surface area (Å²) in [5.74, 6) is 0.851. The molecule has 0 heterocycles. The highest BCUT2D eigenvalue weighted by molar-refractivity contribution is 5.00. The van der Waals surface area contributed by atoms with Gasteiger partial charge >= 0.3 is 0 Å². The van der Waals surface area contributed by atoms with Gasteiger partial charge in [-0.2, -0.15) is 5.26 Å². The Balaban J connectivity index is 2.14. The molecule has 0 radical (unpaired) electrons. The molecule has 0 bridgehead atoms. The SMILES string of the molecule is CC1CCC(OCCC(C)(N)C#N)CC1. The van der Waals surface area contributed by atoms with Gasteiger partial charge in [0, 0.05) is 13.0 Å². The van der Waals surface area contributed by atoms with Crippen molar-refractivity contribution in [3.05, 3.63) is 0 Å². The highest BCUT2D eigenvalue weighted by Gasteiger charge is 2.21. The Labute approximate surface area is 92.6 Å². The Bertz CT molecular complexity index is 224. The van der Waals surface area contributed by atoms with Crippen LogP contribution in [-0.2, 0) is 4.74 Å². The lowest BCUT2D eigenvalue weighted by atomic mass is 9.89. The molecule has 3 nitrogen and oxygen atoms in total. The molecule has 0 aromatic heterocycles. The second kappa shape index (κ2) is 5.48. The van der Waals surface area contributed by atoms with Gasteiger partial charge in [0.2, 0.25) is 0 Å². The van der Waals surface area contributed by atoms with Gasteiger partial charge in [-0.3, -0.25) is 0 Å². The molecule has 0 aromatic carbocycles. The smallest absolute Gasteiger partial charge is 0.103 e. The predicted octanol–water partition coefficient (Wildman–Crippen LogP) is 2.21. The van der Waals surface area contributed by atoms with Crippen LogP contribution in [0.4, 0.5) is 0 Å². The van der Waals surface area contributed by atoms with Crippen LogP contribution in [0.5, 0.6) is 0 Å². The maximum Gasteiger partial charge on any atom is 0.103 e. The first-order valence-electron chi connectivity index (χ1n) is 5.85. The predicted molar refractivity (Wildman–Crippen MR) is 60.2 cm³/mol. The number of hydrogen-bond donors (Lipinski definition) is 1. The van der Waals surface area contributed by atoms with E-state index in [1.54, 1.807) is 6.92 Å². The van der Waals surface area contributed by atoms with Crippen LogP contribution < -0.4 is 5.73 Å². The van der Waals surface area contributed by atoms with Crippen molar-refractivity contribution in [2.75, 3.05) is 6.61 Å². The van der Waals surface area contributed by atoms with E-state index in [0.29, 0.717) is 19.1 Å². The van der Waals surface area contributed by atoms with Crippen LogP contribution in [-0.4, -0.2) is 18.2 Å². The van der Waals surface area contributed by atoms with Crippen molar-refractivity contribution in [1.82, 2.24) is 0 Å². The maximum atomic E-state index is 8.74. The first-order chi connectivity index (χ1) is 7.03. The number of nitrogens with zero attached hydrogens (tertiary/aromatic N) is 1. The second-order valence-electron chi connectivity index (χ2n) is 5.03. The Kier molecular flexibility index (Phi) is 4.56. The highest BCUT2D eigenvalue weighted by Crippen LogP contribution is 2.25. The minimum absolute atomic E-state index is 0.399. The number of nitriles is 1. The molecular formula is C12H22N2O. The molecule has 1 fully saturated rings. The molecule has 86 valence electrons. The van der Waals surface area contributed by atoms with Crippen LogP contribution in [0.25, 0.3) is 0 Å². The number of nitrogens with two attached hydrogens (primary N) is 1. The Morgan fingerprint density at radius 2 is 2.00 bits per heavy atom. The zero-order chi connectivity index (χ0) is 11.3. The molecule has 0 aromatic rings. The van der Waals surface area contributed by atoms with E-state index in [4.69, 9.17) is 15.7 Å². The lowest BCUT2D eigenvalue weighted by Gasteiger charge is -2.27. The summed E-state index contributed by atoms with van der Waals surface area (Å²) in [5.41, 5.74) is 4.98. The van der Waals surface area contributed by atoms with Gasteiger partial charge in [0.1, 0.15) is 5.54 Å². The van der Waals surface area contributed by atoms with E-state index in [0.717, 1.165) is 18.8 Å². The van der Waals surface area contributed by atoms with Crippen molar-refractivity contribution in [2.45, 2.75) is 57.6 Å². The number of rotatable bonds is 4. The molecule has 0 amide bonds. The monoisotopic (exact) mass is 210 g/mol. The minimum Gasteiger partial charge on any atom is -0.378 e. The van der Waals surface area contributed by atoms with Crippen LogP contribution in [0.15, 0.2) is 0 Å². The third kappa shape index (κ3) is 4.63. The molecule has 0 saturated heterocycles. The second-order valence-corrected chi connectivity index (χ2v) is 5.03. The van der Waals surface area contributed by atoms with Crippen molar-refractivity contribution in [3.8, 4) is 6.07 Å². The normalized spacial score (nSPS) is 30.5. The first-order valence-corrected chi connectivity index (χ1v) is 5.85. The standard InChI is InChI=1S/C12H22N2O/c1-10-3-5-11(6-4-10)15-8-7-12(2,14)9-13/h10-11H,3-8,14H2,1-2H3. The van der Waals surface area contributed by atoms with Crippen LogP contribution in [0.3, 0.4) is 0 Å². The molecular weight excluding hydrogens is 188 g/mol. The van der Waals surface area contributed by atoms with Gasteiger partial charge in [0.05, 0.1) is 12.2 Å². The summed E-state index contributed by atoms with van der Waals surface area (Å²) in [6, 6.07) is 2.08. The van der Waals surface area contributed by atoms with E-state index in [9.17, 15) is 0 Å². The van der Waals surface area contributed by atoms with Gasteiger partial charge in [0.15, 0.2) is 0 Å². The molecule has 1 atom stereocenters. The van der Waals surface area contributed by atoms with Crippen LogP contribution >= 0.6 is 0 Å². The van der Waals surface area contributed by atoms with Crippen molar-refractivity contribution in [2.24, 2.45) is 11.7 Å². The Morgan fingerprint density at radius 3 is 2.53 bits per heavy atom. The molecule has 0 aliphatic heterocycles. The number of ether oxygens (including phenoxy) is 1. The van der Waals surface area contributed by atoms with Gasteiger partial charge < -0.3 is 10.5 Å². The molecule has 1 aliphatic rings.